The van der Waals surface area contributed by atoms with Crippen LogP contribution in [-0.2, 0) is 14.6 Å². The number of hydrogen-bond acceptors (Lipinski definition) is 5. The van der Waals surface area contributed by atoms with Gasteiger partial charge in [0.15, 0.2) is 9.84 Å². The summed E-state index contributed by atoms with van der Waals surface area (Å²) in [6.07, 6.45) is 2.36. The molecule has 3 N–H and O–H groups in total. The van der Waals surface area contributed by atoms with E-state index in [9.17, 15) is 18.0 Å². The van der Waals surface area contributed by atoms with Crippen LogP contribution in [0, 0.1) is 0 Å². The van der Waals surface area contributed by atoms with Crippen LogP contribution in [0.1, 0.15) is 12.8 Å². The van der Waals surface area contributed by atoms with E-state index >= 15 is 0 Å². The molecule has 1 amide bonds. The number of anilines is 1. The minimum absolute atomic E-state index is 0.0692. The summed E-state index contributed by atoms with van der Waals surface area (Å²) in [6, 6.07) is 11.5. The van der Waals surface area contributed by atoms with Crippen LogP contribution in [0.25, 0.3) is 5.69 Å². The summed E-state index contributed by atoms with van der Waals surface area (Å²) in [5.41, 5.74) is 5.61. The summed E-state index contributed by atoms with van der Waals surface area (Å²) in [7, 11) is -3.30. The number of sulfone groups is 1. The van der Waals surface area contributed by atoms with Crippen LogP contribution in [0.5, 0.6) is 0 Å². The number of nitrogens with one attached hydrogen (secondary N) is 1. The minimum Gasteiger partial charge on any atom is -0.324 e. The van der Waals surface area contributed by atoms with Gasteiger partial charge >= 0.3 is 0 Å². The number of hydrogen-bond donors (Lipinski definition) is 2. The molecule has 25 heavy (non-hydrogen) atoms. The lowest BCUT2D eigenvalue weighted by Crippen LogP contribution is -2.58. The molecule has 0 bridgehead atoms. The Kier molecular flexibility index (Phi) is 4.49. The molecule has 1 aliphatic heterocycles. The predicted octanol–water partition coefficient (Wildman–Crippen LogP) is 0.682. The van der Waals surface area contributed by atoms with Crippen molar-refractivity contribution < 1.29 is 13.2 Å². The Hall–Kier alpha value is -2.45. The van der Waals surface area contributed by atoms with Crippen molar-refractivity contribution in [2.45, 2.75) is 18.4 Å². The summed E-state index contributed by atoms with van der Waals surface area (Å²) in [5.74, 6) is -0.788. The van der Waals surface area contributed by atoms with Gasteiger partial charge in [-0.1, -0.05) is 6.07 Å². The Morgan fingerprint density at radius 3 is 2.52 bits per heavy atom. The van der Waals surface area contributed by atoms with Crippen molar-refractivity contribution in [2.75, 3.05) is 16.8 Å². The van der Waals surface area contributed by atoms with Crippen molar-refractivity contribution in [3.8, 4) is 5.69 Å². The van der Waals surface area contributed by atoms with Gasteiger partial charge in [-0.3, -0.25) is 14.2 Å². The molecule has 0 aliphatic carbocycles. The molecule has 0 spiro atoms. The van der Waals surface area contributed by atoms with Gasteiger partial charge in [0, 0.05) is 23.6 Å². The molecule has 2 aromatic rings. The number of carbonyl (C=O) groups is 1. The number of carbonyl (C=O) groups excluding carboxylic acids is 1. The lowest BCUT2D eigenvalue weighted by atomic mass is 9.95. The molecule has 1 atom stereocenters. The maximum atomic E-state index is 12.4. The van der Waals surface area contributed by atoms with Crippen molar-refractivity contribution in [2.24, 2.45) is 5.73 Å². The van der Waals surface area contributed by atoms with Gasteiger partial charge in [0.1, 0.15) is 5.54 Å². The van der Waals surface area contributed by atoms with Crippen LogP contribution >= 0.6 is 0 Å². The molecule has 2 heterocycles. The minimum atomic E-state index is -3.30. The van der Waals surface area contributed by atoms with Gasteiger partial charge in [-0.05, 0) is 43.2 Å². The van der Waals surface area contributed by atoms with Crippen molar-refractivity contribution in [3.05, 3.63) is 59.0 Å². The van der Waals surface area contributed by atoms with E-state index in [0.29, 0.717) is 24.2 Å². The highest BCUT2D eigenvalue weighted by atomic mass is 32.2. The topological polar surface area (TPSA) is 111 Å². The third-order valence-electron chi connectivity index (χ3n) is 4.23. The third-order valence-corrected chi connectivity index (χ3v) is 6.10. The molecule has 7 nitrogen and oxygen atoms in total. The average molecular weight is 361 g/mol. The zero-order chi connectivity index (χ0) is 18.1. The molecule has 1 aromatic heterocycles. The zero-order valence-electron chi connectivity index (χ0n) is 13.5. The average Bonchev–Trinajstić information content (AvgIpc) is 2.55. The van der Waals surface area contributed by atoms with Gasteiger partial charge in [0.05, 0.1) is 11.5 Å². The van der Waals surface area contributed by atoms with E-state index in [0.717, 1.165) is 0 Å². The van der Waals surface area contributed by atoms with E-state index in [-0.39, 0.29) is 17.1 Å². The Bertz CT molecular complexity index is 950. The summed E-state index contributed by atoms with van der Waals surface area (Å²) >= 11 is 0. The first-order chi connectivity index (χ1) is 11.8. The number of aromatic nitrogens is 1. The van der Waals surface area contributed by atoms with E-state index in [1.165, 1.54) is 10.6 Å². The second-order valence-corrected chi connectivity index (χ2v) is 8.45. The van der Waals surface area contributed by atoms with E-state index in [1.807, 2.05) is 0 Å². The second kappa shape index (κ2) is 6.45. The molecule has 1 aromatic carbocycles. The van der Waals surface area contributed by atoms with Crippen LogP contribution in [0.4, 0.5) is 5.69 Å². The molecule has 0 radical (unpaired) electrons. The number of rotatable bonds is 3. The van der Waals surface area contributed by atoms with E-state index in [4.69, 9.17) is 5.73 Å². The molecular weight excluding hydrogens is 342 g/mol. The quantitative estimate of drug-likeness (QED) is 0.835. The Morgan fingerprint density at radius 1 is 1.16 bits per heavy atom. The van der Waals surface area contributed by atoms with Crippen LogP contribution in [0.3, 0.4) is 0 Å². The first kappa shape index (κ1) is 17.4. The Labute approximate surface area is 145 Å². The van der Waals surface area contributed by atoms with Gasteiger partial charge in [0.25, 0.3) is 5.56 Å². The van der Waals surface area contributed by atoms with E-state index in [1.54, 1.807) is 42.6 Å². The largest absolute Gasteiger partial charge is 0.324 e. The standard InChI is InChI=1S/C17H19N3O4S/c18-17(9-3-11-25(23,24)12-17)16(22)19-13-5-7-14(8-6-13)20-10-2-1-4-15(20)21/h1-2,4-8,10H,3,9,11-12,18H2,(H,19,22). The maximum Gasteiger partial charge on any atom is 0.255 e. The monoisotopic (exact) mass is 361 g/mol. The zero-order valence-corrected chi connectivity index (χ0v) is 14.3. The van der Waals surface area contributed by atoms with E-state index < -0.39 is 21.3 Å². The summed E-state index contributed by atoms with van der Waals surface area (Å²) in [4.78, 5) is 24.2. The highest BCUT2D eigenvalue weighted by Gasteiger charge is 2.41. The number of nitrogens with two attached hydrogens (primary N) is 1. The van der Waals surface area contributed by atoms with Crippen molar-refractivity contribution in [1.29, 1.82) is 0 Å². The fourth-order valence-electron chi connectivity index (χ4n) is 2.93. The number of pyridine rings is 1. The van der Waals surface area contributed by atoms with Crippen LogP contribution < -0.4 is 16.6 Å². The fourth-order valence-corrected chi connectivity index (χ4v) is 4.71. The summed E-state index contributed by atoms with van der Waals surface area (Å²) in [6.45, 7) is 0. The first-order valence-electron chi connectivity index (χ1n) is 7.88. The fraction of sp³-hybridized carbons (Fsp3) is 0.294. The second-order valence-electron chi connectivity index (χ2n) is 6.26. The number of benzene rings is 1. The van der Waals surface area contributed by atoms with Gasteiger partial charge < -0.3 is 11.1 Å². The lowest BCUT2D eigenvalue weighted by Gasteiger charge is -2.31. The highest BCUT2D eigenvalue weighted by Crippen LogP contribution is 2.23. The molecule has 1 unspecified atom stereocenters. The summed E-state index contributed by atoms with van der Waals surface area (Å²) < 4.78 is 25.0. The van der Waals surface area contributed by atoms with Gasteiger partial charge in [-0.2, -0.15) is 0 Å². The normalized spacial score (nSPS) is 22.3. The molecule has 1 aliphatic rings. The van der Waals surface area contributed by atoms with Crippen molar-refractivity contribution in [1.82, 2.24) is 4.57 Å². The maximum absolute atomic E-state index is 12.4. The molecular formula is C17H19N3O4S. The molecule has 1 fully saturated rings. The Balaban J connectivity index is 1.76. The molecule has 3 rings (SSSR count). The van der Waals surface area contributed by atoms with Gasteiger partial charge in [-0.25, -0.2) is 8.42 Å². The molecule has 132 valence electrons. The van der Waals surface area contributed by atoms with Crippen LogP contribution in [0.2, 0.25) is 0 Å². The first-order valence-corrected chi connectivity index (χ1v) is 9.70. The predicted molar refractivity (Wildman–Crippen MR) is 95.5 cm³/mol. The van der Waals surface area contributed by atoms with Gasteiger partial charge in [0.2, 0.25) is 5.91 Å². The smallest absolute Gasteiger partial charge is 0.255 e. The highest BCUT2D eigenvalue weighted by molar-refractivity contribution is 7.91. The van der Waals surface area contributed by atoms with Crippen molar-refractivity contribution in [3.63, 3.8) is 0 Å². The number of amides is 1. The molecule has 8 heteroatoms. The molecule has 0 saturated carbocycles. The van der Waals surface area contributed by atoms with Crippen molar-refractivity contribution >= 4 is 21.4 Å². The van der Waals surface area contributed by atoms with E-state index in [2.05, 4.69) is 5.32 Å². The molecule has 1 saturated heterocycles. The lowest BCUT2D eigenvalue weighted by molar-refractivity contribution is -0.120. The third kappa shape index (κ3) is 3.80. The SMILES string of the molecule is NC1(C(=O)Nc2ccc(-n3ccccc3=O)cc2)CCCS(=O)(=O)C1. The summed E-state index contributed by atoms with van der Waals surface area (Å²) in [5, 5.41) is 2.67. The van der Waals surface area contributed by atoms with Crippen LogP contribution in [0.15, 0.2) is 53.5 Å². The Morgan fingerprint density at radius 2 is 1.88 bits per heavy atom. The van der Waals surface area contributed by atoms with Gasteiger partial charge in [-0.15, -0.1) is 0 Å². The number of nitrogens with zero attached hydrogens (tertiary/aromatic N) is 1. The van der Waals surface area contributed by atoms with Crippen LogP contribution in [-0.4, -0.2) is 35.9 Å².